The van der Waals surface area contributed by atoms with Crippen molar-refractivity contribution in [2.24, 2.45) is 0 Å². The monoisotopic (exact) mass is 200 g/mol. The van der Waals surface area contributed by atoms with Crippen LogP contribution < -0.4 is 0 Å². The number of hydrogen-bond acceptors (Lipinski definition) is 5. The SMILES string of the molecule is O[C@@H]1CN(Cc2cscn2)C[C@@H]1O. The molecule has 2 atom stereocenters. The molecule has 13 heavy (non-hydrogen) atoms. The molecule has 1 aromatic heterocycles. The molecule has 1 aromatic rings. The minimum atomic E-state index is -0.598. The van der Waals surface area contributed by atoms with Crippen LogP contribution in [0.5, 0.6) is 0 Å². The summed E-state index contributed by atoms with van der Waals surface area (Å²) in [5.41, 5.74) is 2.80. The molecule has 1 saturated heterocycles. The van der Waals surface area contributed by atoms with Gasteiger partial charge in [-0.15, -0.1) is 11.3 Å². The summed E-state index contributed by atoms with van der Waals surface area (Å²) in [6.45, 7) is 1.80. The number of β-amino-alcohol motifs (C(OH)–C–C–N with tert-alkyl or cyclic N) is 2. The molecule has 0 unspecified atom stereocenters. The second-order valence-corrected chi connectivity index (χ2v) is 4.03. The van der Waals surface area contributed by atoms with Gasteiger partial charge < -0.3 is 10.2 Å². The zero-order valence-electron chi connectivity index (χ0n) is 7.13. The summed E-state index contributed by atoms with van der Waals surface area (Å²) in [6, 6.07) is 0. The van der Waals surface area contributed by atoms with Gasteiger partial charge in [-0.25, -0.2) is 4.98 Å². The van der Waals surface area contributed by atoms with Gasteiger partial charge in [0.05, 0.1) is 23.4 Å². The van der Waals surface area contributed by atoms with E-state index in [0.717, 1.165) is 12.2 Å². The van der Waals surface area contributed by atoms with Crippen molar-refractivity contribution >= 4 is 11.3 Å². The smallest absolute Gasteiger partial charge is 0.0938 e. The van der Waals surface area contributed by atoms with Gasteiger partial charge in [0, 0.05) is 25.0 Å². The second kappa shape index (κ2) is 3.71. The van der Waals surface area contributed by atoms with Crippen LogP contribution in [0.3, 0.4) is 0 Å². The van der Waals surface area contributed by atoms with Crippen molar-refractivity contribution < 1.29 is 10.2 Å². The van der Waals surface area contributed by atoms with Crippen molar-refractivity contribution in [2.75, 3.05) is 13.1 Å². The van der Waals surface area contributed by atoms with Gasteiger partial charge in [0.15, 0.2) is 0 Å². The number of rotatable bonds is 2. The summed E-state index contributed by atoms with van der Waals surface area (Å²) in [5, 5.41) is 20.6. The number of likely N-dealkylation sites (tertiary alicyclic amines) is 1. The molecule has 5 heteroatoms. The molecular weight excluding hydrogens is 188 g/mol. The third-order valence-corrected chi connectivity index (χ3v) is 2.84. The summed E-state index contributed by atoms with van der Waals surface area (Å²) < 4.78 is 0. The first kappa shape index (κ1) is 9.08. The molecule has 0 spiro atoms. The Labute approximate surface area is 80.5 Å². The third-order valence-electron chi connectivity index (χ3n) is 2.20. The lowest BCUT2D eigenvalue weighted by molar-refractivity contribution is 0.0572. The van der Waals surface area contributed by atoms with E-state index in [0.29, 0.717) is 13.1 Å². The van der Waals surface area contributed by atoms with Crippen molar-refractivity contribution in [1.29, 1.82) is 0 Å². The van der Waals surface area contributed by atoms with Crippen molar-refractivity contribution in [1.82, 2.24) is 9.88 Å². The topological polar surface area (TPSA) is 56.6 Å². The summed E-state index contributed by atoms with van der Waals surface area (Å²) in [5.74, 6) is 0. The Bertz CT molecular complexity index is 255. The lowest BCUT2D eigenvalue weighted by Crippen LogP contribution is -2.22. The molecule has 2 rings (SSSR count). The Kier molecular flexibility index (Phi) is 2.59. The molecule has 4 nitrogen and oxygen atoms in total. The highest BCUT2D eigenvalue weighted by molar-refractivity contribution is 7.07. The van der Waals surface area contributed by atoms with Crippen molar-refractivity contribution in [3.63, 3.8) is 0 Å². The van der Waals surface area contributed by atoms with Crippen LogP contribution in [0, 0.1) is 0 Å². The maximum atomic E-state index is 9.29. The van der Waals surface area contributed by atoms with Crippen LogP contribution >= 0.6 is 11.3 Å². The fraction of sp³-hybridized carbons (Fsp3) is 0.625. The van der Waals surface area contributed by atoms with Gasteiger partial charge in [-0.2, -0.15) is 0 Å². The van der Waals surface area contributed by atoms with E-state index in [1.54, 1.807) is 16.8 Å². The van der Waals surface area contributed by atoms with E-state index in [2.05, 4.69) is 4.98 Å². The Morgan fingerprint density at radius 1 is 1.46 bits per heavy atom. The summed E-state index contributed by atoms with van der Waals surface area (Å²) in [6.07, 6.45) is -1.20. The van der Waals surface area contributed by atoms with Gasteiger partial charge in [-0.3, -0.25) is 4.90 Å². The number of thiazole rings is 1. The fourth-order valence-electron chi connectivity index (χ4n) is 1.52. The van der Waals surface area contributed by atoms with E-state index >= 15 is 0 Å². The van der Waals surface area contributed by atoms with Gasteiger partial charge in [0.25, 0.3) is 0 Å². The van der Waals surface area contributed by atoms with Crippen LogP contribution in [0.15, 0.2) is 10.9 Å². The average Bonchev–Trinajstić information content (AvgIpc) is 2.64. The second-order valence-electron chi connectivity index (χ2n) is 3.31. The predicted octanol–water partition coefficient (Wildman–Crippen LogP) is -0.320. The standard InChI is InChI=1S/C8H12N2O2S/c11-7-2-10(3-8(7)12)1-6-4-13-5-9-6/h4-5,7-8,11-12H,1-3H2/t7-,8+. The molecule has 2 heterocycles. The number of aliphatic hydroxyl groups is 2. The average molecular weight is 200 g/mol. The number of aromatic nitrogens is 1. The Hall–Kier alpha value is -0.490. The van der Waals surface area contributed by atoms with Crippen LogP contribution in [0.1, 0.15) is 5.69 Å². The summed E-state index contributed by atoms with van der Waals surface area (Å²) >= 11 is 1.56. The van der Waals surface area contributed by atoms with E-state index in [4.69, 9.17) is 0 Å². The molecule has 72 valence electrons. The Morgan fingerprint density at radius 3 is 2.69 bits per heavy atom. The van der Waals surface area contributed by atoms with E-state index in [-0.39, 0.29) is 0 Å². The van der Waals surface area contributed by atoms with Gasteiger partial charge in [-0.05, 0) is 0 Å². The first-order chi connectivity index (χ1) is 6.25. The molecule has 0 aromatic carbocycles. The molecule has 2 N–H and O–H groups in total. The van der Waals surface area contributed by atoms with Crippen LogP contribution in [-0.2, 0) is 6.54 Å². The molecule has 0 bridgehead atoms. The lowest BCUT2D eigenvalue weighted by atomic mass is 10.3. The van der Waals surface area contributed by atoms with Crippen LogP contribution in [-0.4, -0.2) is 45.4 Å². The van der Waals surface area contributed by atoms with Gasteiger partial charge in [0.1, 0.15) is 0 Å². The molecule has 0 amide bonds. The molecule has 1 fully saturated rings. The van der Waals surface area contributed by atoms with Crippen LogP contribution in [0.25, 0.3) is 0 Å². The Balaban J connectivity index is 1.91. The number of hydrogen-bond donors (Lipinski definition) is 2. The quantitative estimate of drug-likeness (QED) is 0.687. The van der Waals surface area contributed by atoms with Gasteiger partial charge >= 0.3 is 0 Å². The van der Waals surface area contributed by atoms with E-state index < -0.39 is 12.2 Å². The highest BCUT2D eigenvalue weighted by atomic mass is 32.1. The lowest BCUT2D eigenvalue weighted by Gasteiger charge is -2.11. The maximum absolute atomic E-state index is 9.29. The van der Waals surface area contributed by atoms with Crippen LogP contribution in [0.2, 0.25) is 0 Å². The molecule has 0 saturated carbocycles. The van der Waals surface area contributed by atoms with E-state index in [9.17, 15) is 10.2 Å². The maximum Gasteiger partial charge on any atom is 0.0938 e. The summed E-state index contributed by atoms with van der Waals surface area (Å²) in [7, 11) is 0. The highest BCUT2D eigenvalue weighted by Crippen LogP contribution is 2.13. The molecule has 1 aliphatic heterocycles. The first-order valence-electron chi connectivity index (χ1n) is 4.21. The highest BCUT2D eigenvalue weighted by Gasteiger charge is 2.29. The molecular formula is C8H12N2O2S. The van der Waals surface area contributed by atoms with E-state index in [1.807, 2.05) is 10.3 Å². The van der Waals surface area contributed by atoms with Gasteiger partial charge in [0.2, 0.25) is 0 Å². The van der Waals surface area contributed by atoms with Crippen molar-refractivity contribution in [3.8, 4) is 0 Å². The molecule has 0 aliphatic carbocycles. The fourth-order valence-corrected chi connectivity index (χ4v) is 2.07. The van der Waals surface area contributed by atoms with Crippen molar-refractivity contribution in [3.05, 3.63) is 16.6 Å². The normalized spacial score (nSPS) is 29.7. The number of nitrogens with zero attached hydrogens (tertiary/aromatic N) is 2. The first-order valence-corrected chi connectivity index (χ1v) is 5.15. The zero-order valence-corrected chi connectivity index (χ0v) is 7.94. The minimum absolute atomic E-state index is 0.540. The third kappa shape index (κ3) is 2.05. The van der Waals surface area contributed by atoms with Crippen molar-refractivity contribution in [2.45, 2.75) is 18.8 Å². The number of aliphatic hydroxyl groups excluding tert-OH is 2. The predicted molar refractivity (Wildman–Crippen MR) is 49.4 cm³/mol. The van der Waals surface area contributed by atoms with Gasteiger partial charge in [-0.1, -0.05) is 0 Å². The largest absolute Gasteiger partial charge is 0.389 e. The Morgan fingerprint density at radius 2 is 2.15 bits per heavy atom. The van der Waals surface area contributed by atoms with Crippen LogP contribution in [0.4, 0.5) is 0 Å². The zero-order chi connectivity index (χ0) is 9.26. The molecule has 0 radical (unpaired) electrons. The van der Waals surface area contributed by atoms with E-state index in [1.165, 1.54) is 0 Å². The minimum Gasteiger partial charge on any atom is -0.389 e. The molecule has 1 aliphatic rings. The summed E-state index contributed by atoms with van der Waals surface area (Å²) in [4.78, 5) is 6.15.